The molecule has 13 heavy (non-hydrogen) atoms. The molecule has 0 aromatic rings. The van der Waals surface area contributed by atoms with E-state index in [-0.39, 0.29) is 0 Å². The van der Waals surface area contributed by atoms with Gasteiger partial charge in [0, 0.05) is 5.56 Å². The van der Waals surface area contributed by atoms with Gasteiger partial charge in [-0.1, -0.05) is 36.4 Å². The summed E-state index contributed by atoms with van der Waals surface area (Å²) >= 11 is 0. The van der Waals surface area contributed by atoms with E-state index in [9.17, 15) is 0 Å². The molecular weight excluding hydrogens is 160 g/mol. The fourth-order valence-corrected chi connectivity index (χ4v) is 1.42. The number of hydrogen-bond donors (Lipinski definition) is 0. The molecule has 0 saturated carbocycles. The largest absolute Gasteiger partial charge is 0.493 e. The van der Waals surface area contributed by atoms with Crippen LogP contribution in [0.25, 0.3) is 11.1 Å². The Labute approximate surface area is 78.3 Å². The summed E-state index contributed by atoms with van der Waals surface area (Å²) in [5.41, 5.74) is 2.35. The third-order valence-electron chi connectivity index (χ3n) is 2.01. The van der Waals surface area contributed by atoms with Gasteiger partial charge in [-0.2, -0.15) is 0 Å². The third-order valence-corrected chi connectivity index (χ3v) is 2.01. The average molecular weight is 171 g/mol. The SMILES string of the molecule is [CH2]COc1ccc2cccccc1-2. The molecule has 2 aliphatic rings. The minimum Gasteiger partial charge on any atom is -0.493 e. The van der Waals surface area contributed by atoms with Crippen LogP contribution in [0, 0.1) is 6.92 Å². The summed E-state index contributed by atoms with van der Waals surface area (Å²) in [6.45, 7) is 4.13. The van der Waals surface area contributed by atoms with Crippen LogP contribution in [-0.4, -0.2) is 6.61 Å². The van der Waals surface area contributed by atoms with Gasteiger partial charge in [0.25, 0.3) is 0 Å². The summed E-state index contributed by atoms with van der Waals surface area (Å²) in [5.74, 6) is 0.918. The lowest BCUT2D eigenvalue weighted by molar-refractivity contribution is 0.364. The fourth-order valence-electron chi connectivity index (χ4n) is 1.42. The van der Waals surface area contributed by atoms with Gasteiger partial charge in [0.15, 0.2) is 0 Å². The molecule has 1 radical (unpaired) electrons. The van der Waals surface area contributed by atoms with Crippen LogP contribution in [0.5, 0.6) is 5.75 Å². The summed E-state index contributed by atoms with van der Waals surface area (Å²) in [6.07, 6.45) is 0. The highest BCUT2D eigenvalue weighted by molar-refractivity contribution is 5.73. The monoisotopic (exact) mass is 171 g/mol. The average Bonchev–Trinajstić information content (AvgIpc) is 2.38. The predicted octanol–water partition coefficient (Wildman–Crippen LogP) is 3.00. The molecule has 0 amide bonds. The Morgan fingerprint density at radius 3 is 2.69 bits per heavy atom. The fraction of sp³-hybridized carbons (Fsp3) is 0.0833. The van der Waals surface area contributed by atoms with Crippen molar-refractivity contribution in [2.45, 2.75) is 0 Å². The molecule has 0 N–H and O–H groups in total. The van der Waals surface area contributed by atoms with Crippen molar-refractivity contribution in [3.05, 3.63) is 49.4 Å². The molecule has 0 aliphatic heterocycles. The summed E-state index contributed by atoms with van der Waals surface area (Å²) in [5, 5.41) is 0. The lowest BCUT2D eigenvalue weighted by Gasteiger charge is -2.01. The van der Waals surface area contributed by atoms with Gasteiger partial charge in [0.2, 0.25) is 0 Å². The Kier molecular flexibility index (Phi) is 2.17. The van der Waals surface area contributed by atoms with E-state index in [1.165, 1.54) is 5.56 Å². The molecule has 0 aromatic carbocycles. The standard InChI is InChI=1S/C12H11O/c1-2-13-12-9-8-10-6-4-3-5-7-11(10)12/h3-9H,1-2H2. The molecule has 2 rings (SSSR count). The van der Waals surface area contributed by atoms with Crippen molar-refractivity contribution in [3.63, 3.8) is 0 Å². The number of hydrogen-bond acceptors (Lipinski definition) is 1. The lowest BCUT2D eigenvalue weighted by Crippen LogP contribution is -1.90. The number of rotatable bonds is 2. The smallest absolute Gasteiger partial charge is 0.127 e. The maximum Gasteiger partial charge on any atom is 0.127 e. The molecule has 0 unspecified atom stereocenters. The van der Waals surface area contributed by atoms with Crippen LogP contribution in [0.4, 0.5) is 0 Å². The molecule has 0 atom stereocenters. The van der Waals surface area contributed by atoms with Crippen molar-refractivity contribution in [1.82, 2.24) is 0 Å². The topological polar surface area (TPSA) is 9.23 Å². The van der Waals surface area contributed by atoms with E-state index in [0.717, 1.165) is 11.3 Å². The van der Waals surface area contributed by atoms with Crippen LogP contribution in [0.15, 0.2) is 42.5 Å². The molecule has 1 nitrogen and oxygen atoms in total. The van der Waals surface area contributed by atoms with Gasteiger partial charge in [-0.15, -0.1) is 0 Å². The van der Waals surface area contributed by atoms with Gasteiger partial charge in [-0.25, -0.2) is 0 Å². The Hall–Kier alpha value is -1.50. The van der Waals surface area contributed by atoms with Crippen LogP contribution in [0.1, 0.15) is 0 Å². The number of ether oxygens (including phenoxy) is 1. The molecule has 0 aromatic heterocycles. The first-order valence-electron chi connectivity index (χ1n) is 4.31. The highest BCUT2D eigenvalue weighted by Crippen LogP contribution is 2.32. The van der Waals surface area contributed by atoms with E-state index < -0.39 is 0 Å². The van der Waals surface area contributed by atoms with Crippen molar-refractivity contribution in [2.75, 3.05) is 6.61 Å². The van der Waals surface area contributed by atoms with E-state index in [1.807, 2.05) is 24.3 Å². The van der Waals surface area contributed by atoms with Crippen molar-refractivity contribution in [1.29, 1.82) is 0 Å². The Morgan fingerprint density at radius 1 is 1.00 bits per heavy atom. The molecule has 0 fully saturated rings. The van der Waals surface area contributed by atoms with Crippen molar-refractivity contribution >= 4 is 0 Å². The van der Waals surface area contributed by atoms with E-state index in [1.54, 1.807) is 0 Å². The molecule has 65 valence electrons. The van der Waals surface area contributed by atoms with Crippen LogP contribution in [0.2, 0.25) is 0 Å². The molecule has 1 heteroatoms. The van der Waals surface area contributed by atoms with Crippen LogP contribution < -0.4 is 4.74 Å². The first-order valence-corrected chi connectivity index (χ1v) is 4.31. The van der Waals surface area contributed by atoms with Gasteiger partial charge < -0.3 is 4.74 Å². The first-order chi connectivity index (χ1) is 6.42. The van der Waals surface area contributed by atoms with Gasteiger partial charge in [0.05, 0.1) is 6.61 Å². The van der Waals surface area contributed by atoms with Crippen LogP contribution >= 0.6 is 0 Å². The summed E-state index contributed by atoms with van der Waals surface area (Å²) in [4.78, 5) is 0. The summed E-state index contributed by atoms with van der Waals surface area (Å²) in [6, 6.07) is 14.2. The zero-order valence-electron chi connectivity index (χ0n) is 7.36. The molecule has 0 saturated heterocycles. The Morgan fingerprint density at radius 2 is 1.85 bits per heavy atom. The summed E-state index contributed by atoms with van der Waals surface area (Å²) in [7, 11) is 0. The Bertz CT molecular complexity index is 368. The minimum atomic E-state index is 0.470. The van der Waals surface area contributed by atoms with E-state index >= 15 is 0 Å². The van der Waals surface area contributed by atoms with E-state index in [0.29, 0.717) is 6.61 Å². The summed E-state index contributed by atoms with van der Waals surface area (Å²) < 4.78 is 5.39. The predicted molar refractivity (Wildman–Crippen MR) is 53.9 cm³/mol. The Balaban J connectivity index is 2.49. The van der Waals surface area contributed by atoms with Gasteiger partial charge in [-0.05, 0) is 18.6 Å². The zero-order valence-corrected chi connectivity index (χ0v) is 7.36. The molecule has 0 bridgehead atoms. The lowest BCUT2D eigenvalue weighted by atomic mass is 10.2. The van der Waals surface area contributed by atoms with E-state index in [4.69, 9.17) is 4.74 Å². The number of fused-ring (bicyclic) bond motifs is 1. The van der Waals surface area contributed by atoms with Crippen LogP contribution in [0.3, 0.4) is 0 Å². The van der Waals surface area contributed by atoms with Crippen molar-refractivity contribution in [3.8, 4) is 16.9 Å². The van der Waals surface area contributed by atoms with Gasteiger partial charge >= 0.3 is 0 Å². The zero-order chi connectivity index (χ0) is 9.10. The maximum absolute atomic E-state index is 5.39. The first kappa shape index (κ1) is 8.11. The maximum atomic E-state index is 5.39. The van der Waals surface area contributed by atoms with Crippen molar-refractivity contribution in [2.24, 2.45) is 0 Å². The molecule has 2 aliphatic carbocycles. The second kappa shape index (κ2) is 3.48. The molecule has 0 spiro atoms. The molecular formula is C12H11O. The highest BCUT2D eigenvalue weighted by atomic mass is 16.5. The van der Waals surface area contributed by atoms with E-state index in [2.05, 4.69) is 25.1 Å². The normalized spacial score (nSPS) is 10.2. The molecule has 0 heterocycles. The minimum absolute atomic E-state index is 0.470. The van der Waals surface area contributed by atoms with Gasteiger partial charge in [-0.3, -0.25) is 0 Å². The highest BCUT2D eigenvalue weighted by Gasteiger charge is 2.06. The van der Waals surface area contributed by atoms with Gasteiger partial charge in [0.1, 0.15) is 5.75 Å². The quantitative estimate of drug-likeness (QED) is 0.675. The second-order valence-electron chi connectivity index (χ2n) is 2.83. The second-order valence-corrected chi connectivity index (χ2v) is 2.83. The van der Waals surface area contributed by atoms with Crippen LogP contribution in [-0.2, 0) is 0 Å². The van der Waals surface area contributed by atoms with Crippen molar-refractivity contribution < 1.29 is 4.74 Å². The third kappa shape index (κ3) is 1.50.